The summed E-state index contributed by atoms with van der Waals surface area (Å²) >= 11 is 0.839. The summed E-state index contributed by atoms with van der Waals surface area (Å²) in [6, 6.07) is 9.64. The average Bonchev–Trinajstić information content (AvgIpc) is 3.28. The third-order valence-electron chi connectivity index (χ3n) is 5.68. The number of likely N-dealkylation sites (tertiary alicyclic amines) is 1. The topological polar surface area (TPSA) is 72.4 Å². The van der Waals surface area contributed by atoms with Crippen molar-refractivity contribution in [2.45, 2.75) is 48.5 Å². The molecule has 0 radical (unpaired) electrons. The Hall–Kier alpha value is -2.48. The minimum Gasteiger partial charge on any atom is -0.292 e. The van der Waals surface area contributed by atoms with Crippen LogP contribution in [0, 0.1) is 11.6 Å². The van der Waals surface area contributed by atoms with Gasteiger partial charge in [0, 0.05) is 24.7 Å². The number of benzene rings is 2. The fourth-order valence-electron chi connectivity index (χ4n) is 4.14. The van der Waals surface area contributed by atoms with E-state index in [1.165, 1.54) is 6.33 Å². The number of hydrogen-bond acceptors (Lipinski definition) is 7. The van der Waals surface area contributed by atoms with E-state index in [-0.39, 0.29) is 36.5 Å². The summed E-state index contributed by atoms with van der Waals surface area (Å²) in [5.41, 5.74) is 0.605. The number of halogens is 5. The van der Waals surface area contributed by atoms with Crippen LogP contribution < -0.4 is 0 Å². The molecule has 2 heterocycles. The van der Waals surface area contributed by atoms with E-state index >= 15 is 0 Å². The van der Waals surface area contributed by atoms with Crippen LogP contribution in [0.1, 0.15) is 35.0 Å². The number of aromatic nitrogens is 2. The van der Waals surface area contributed by atoms with Gasteiger partial charge < -0.3 is 0 Å². The predicted octanol–water partition coefficient (Wildman–Crippen LogP) is 5.03. The average molecular weight is 534 g/mol. The quantitative estimate of drug-likeness (QED) is 0.397. The molecule has 1 fully saturated rings. The monoisotopic (exact) mass is 533 g/mol. The highest BCUT2D eigenvalue weighted by molar-refractivity contribution is 7.90. The van der Waals surface area contributed by atoms with Gasteiger partial charge in [0.1, 0.15) is 33.6 Å². The molecule has 0 aliphatic carbocycles. The zero-order valence-electron chi connectivity index (χ0n) is 18.1. The van der Waals surface area contributed by atoms with Crippen LogP contribution in [-0.2, 0) is 26.9 Å². The molecule has 4 rings (SSSR count). The lowest BCUT2D eigenvalue weighted by Crippen LogP contribution is -2.41. The molecule has 0 amide bonds. The maximum absolute atomic E-state index is 15.0. The summed E-state index contributed by atoms with van der Waals surface area (Å²) in [6.07, 6.45) is -4.64. The van der Waals surface area contributed by atoms with E-state index in [1.54, 1.807) is 35.2 Å². The highest BCUT2D eigenvalue weighted by atomic mass is 32.2. The Morgan fingerprint density at radius 2 is 1.86 bits per heavy atom. The van der Waals surface area contributed by atoms with E-state index in [0.717, 1.165) is 17.6 Å². The van der Waals surface area contributed by atoms with Gasteiger partial charge >= 0.3 is 6.36 Å². The molecule has 1 aliphatic heterocycles. The highest BCUT2D eigenvalue weighted by Crippen LogP contribution is 2.36. The zero-order chi connectivity index (χ0) is 25.2. The van der Waals surface area contributed by atoms with E-state index in [4.69, 9.17) is 0 Å². The van der Waals surface area contributed by atoms with Crippen molar-refractivity contribution < 1.29 is 35.1 Å². The van der Waals surface area contributed by atoms with E-state index in [9.17, 15) is 30.4 Å². The first-order valence-electron chi connectivity index (χ1n) is 10.5. The van der Waals surface area contributed by atoms with Crippen LogP contribution in [0.5, 0.6) is 0 Å². The second-order valence-electron chi connectivity index (χ2n) is 8.08. The Kier molecular flexibility index (Phi) is 7.50. The molecule has 0 bridgehead atoms. The number of rotatable bonds is 7. The van der Waals surface area contributed by atoms with E-state index in [0.29, 0.717) is 11.6 Å². The largest absolute Gasteiger partial charge is 0.522 e. The summed E-state index contributed by atoms with van der Waals surface area (Å²) in [4.78, 5) is 4.71. The smallest absolute Gasteiger partial charge is 0.292 e. The third-order valence-corrected chi connectivity index (χ3v) is 8.16. The van der Waals surface area contributed by atoms with Crippen LogP contribution in [-0.4, -0.2) is 41.7 Å². The lowest BCUT2D eigenvalue weighted by Gasteiger charge is -2.40. The van der Waals surface area contributed by atoms with Gasteiger partial charge in [-0.3, -0.25) is 9.64 Å². The minimum absolute atomic E-state index is 0.00192. The molecule has 1 aliphatic rings. The van der Waals surface area contributed by atoms with Crippen LogP contribution in [0.4, 0.5) is 22.0 Å². The molecule has 2 aromatic carbocycles. The molecular weight excluding hydrogens is 513 g/mol. The summed E-state index contributed by atoms with van der Waals surface area (Å²) in [5, 5.41) is 0.142. The Morgan fingerprint density at radius 3 is 2.51 bits per heavy atom. The number of piperidine rings is 1. The molecule has 35 heavy (non-hydrogen) atoms. The Balaban J connectivity index is 1.57. The molecule has 3 aromatic rings. The van der Waals surface area contributed by atoms with Crippen molar-refractivity contribution in [2.24, 2.45) is 0 Å². The molecule has 1 saturated heterocycles. The first-order valence-corrected chi connectivity index (χ1v) is 12.9. The molecule has 0 unspecified atom stereocenters. The summed E-state index contributed by atoms with van der Waals surface area (Å²) in [6.45, 7) is 0.0102. The molecule has 2 atom stereocenters. The number of nitrogens with zero attached hydrogens (tertiary/aromatic N) is 3. The lowest BCUT2D eigenvalue weighted by molar-refractivity contribution is -0.347. The van der Waals surface area contributed by atoms with E-state index in [2.05, 4.69) is 14.1 Å². The van der Waals surface area contributed by atoms with Gasteiger partial charge in [0.2, 0.25) is 0 Å². The minimum atomic E-state index is -4.78. The van der Waals surface area contributed by atoms with Gasteiger partial charge in [0.05, 0.1) is 6.10 Å². The van der Waals surface area contributed by atoms with Crippen molar-refractivity contribution in [2.75, 3.05) is 6.54 Å². The van der Waals surface area contributed by atoms with Crippen molar-refractivity contribution >= 4 is 21.4 Å². The second-order valence-corrected chi connectivity index (χ2v) is 10.9. The normalized spacial score (nSPS) is 19.7. The van der Waals surface area contributed by atoms with Crippen LogP contribution in [0.2, 0.25) is 0 Å². The van der Waals surface area contributed by atoms with Crippen molar-refractivity contribution in [3.05, 3.63) is 76.6 Å². The number of alkyl halides is 3. The maximum atomic E-state index is 15.0. The number of hydrogen-bond donors (Lipinski definition) is 0. The SMILES string of the molecule is O=S(=O)(Cc1ncns1)c1cc(F)c(CN2CC[C@H](OC(F)(F)F)C[C@H]2c2ccccc2)cc1F. The molecule has 1 aromatic heterocycles. The Morgan fingerprint density at radius 1 is 1.11 bits per heavy atom. The van der Waals surface area contributed by atoms with Gasteiger partial charge in [-0.1, -0.05) is 30.3 Å². The van der Waals surface area contributed by atoms with Gasteiger partial charge in [-0.25, -0.2) is 22.2 Å². The first kappa shape index (κ1) is 25.6. The molecule has 13 heteroatoms. The fourth-order valence-corrected chi connectivity index (χ4v) is 6.32. The first-order chi connectivity index (χ1) is 16.5. The third kappa shape index (κ3) is 6.40. The van der Waals surface area contributed by atoms with Gasteiger partial charge in [-0.2, -0.15) is 4.37 Å². The predicted molar refractivity (Wildman–Crippen MR) is 117 cm³/mol. The Labute approximate surface area is 202 Å². The molecule has 6 nitrogen and oxygen atoms in total. The lowest BCUT2D eigenvalue weighted by atomic mass is 9.92. The van der Waals surface area contributed by atoms with E-state index in [1.807, 2.05) is 0 Å². The van der Waals surface area contributed by atoms with Crippen molar-refractivity contribution in [1.82, 2.24) is 14.3 Å². The highest BCUT2D eigenvalue weighted by Gasteiger charge is 2.38. The van der Waals surface area contributed by atoms with Gasteiger partial charge in [-0.05, 0) is 42.1 Å². The summed E-state index contributed by atoms with van der Waals surface area (Å²) in [5.74, 6) is -2.66. The van der Waals surface area contributed by atoms with E-state index < -0.39 is 50.6 Å². The molecule has 188 valence electrons. The van der Waals surface area contributed by atoms with Crippen molar-refractivity contribution in [3.8, 4) is 0 Å². The van der Waals surface area contributed by atoms with Crippen LogP contribution in [0.15, 0.2) is 53.7 Å². The van der Waals surface area contributed by atoms with Gasteiger partial charge in [-0.15, -0.1) is 13.2 Å². The molecule has 0 N–H and O–H groups in total. The van der Waals surface area contributed by atoms with Crippen LogP contribution >= 0.6 is 11.5 Å². The van der Waals surface area contributed by atoms with Gasteiger partial charge in [0.15, 0.2) is 9.84 Å². The zero-order valence-corrected chi connectivity index (χ0v) is 19.7. The second kappa shape index (κ2) is 10.2. The van der Waals surface area contributed by atoms with Crippen LogP contribution in [0.25, 0.3) is 0 Å². The summed E-state index contributed by atoms with van der Waals surface area (Å²) < 4.78 is 101. The molecule has 0 spiro atoms. The van der Waals surface area contributed by atoms with Crippen molar-refractivity contribution in [1.29, 1.82) is 0 Å². The standard InChI is InChI=1S/C22H20F5N3O3S2/c23-17-10-20(35(31,32)12-21-28-13-29-34-21)18(24)8-15(17)11-30-7-6-16(33-22(25,26)27)9-19(30)14-4-2-1-3-5-14/h1-5,8,10,13,16,19H,6-7,9,11-12H2/t16-,19-/m0/s1. The fraction of sp³-hybridized carbons (Fsp3) is 0.364. The molecular formula is C22H20F5N3O3S2. The maximum Gasteiger partial charge on any atom is 0.522 e. The van der Waals surface area contributed by atoms with Crippen molar-refractivity contribution in [3.63, 3.8) is 0 Å². The molecule has 0 saturated carbocycles. The van der Waals surface area contributed by atoms with Gasteiger partial charge in [0.25, 0.3) is 0 Å². The summed E-state index contributed by atoms with van der Waals surface area (Å²) in [7, 11) is -4.21. The number of sulfone groups is 1. The van der Waals surface area contributed by atoms with Crippen LogP contribution in [0.3, 0.4) is 0 Å². The Bertz CT molecular complexity index is 1260. The number of ether oxygens (including phenoxy) is 1.